The largest absolute Gasteiger partial charge is 0.295 e. The summed E-state index contributed by atoms with van der Waals surface area (Å²) < 4.78 is 0. The predicted molar refractivity (Wildman–Crippen MR) is 62.6 cm³/mol. The second-order valence-corrected chi connectivity index (χ2v) is 5.82. The number of allylic oxidation sites excluding steroid dienone is 2. The van der Waals surface area contributed by atoms with Crippen LogP contribution < -0.4 is 0 Å². The number of rotatable bonds is 1. The molecule has 2 aliphatic carbocycles. The minimum atomic E-state index is 0.287. The Bertz CT molecular complexity index is 302. The van der Waals surface area contributed by atoms with Gasteiger partial charge in [0.05, 0.1) is 0 Å². The summed E-state index contributed by atoms with van der Waals surface area (Å²) in [6.07, 6.45) is 8.44. The number of fused-ring (bicyclic) bond motifs is 1. The van der Waals surface area contributed by atoms with Crippen LogP contribution in [0, 0.1) is 17.3 Å². The first-order valence-electron chi connectivity index (χ1n) is 6.23. The molecule has 0 bridgehead atoms. The van der Waals surface area contributed by atoms with Crippen LogP contribution in [0.2, 0.25) is 0 Å². The van der Waals surface area contributed by atoms with Crippen LogP contribution in [0.4, 0.5) is 0 Å². The Morgan fingerprint density at radius 2 is 2.27 bits per heavy atom. The molecule has 2 aliphatic rings. The summed E-state index contributed by atoms with van der Waals surface area (Å²) in [5.41, 5.74) is 1.57. The van der Waals surface area contributed by atoms with E-state index in [0.717, 1.165) is 30.3 Å². The van der Waals surface area contributed by atoms with Crippen LogP contribution >= 0.6 is 0 Å². The van der Waals surface area contributed by atoms with Gasteiger partial charge >= 0.3 is 0 Å². The van der Waals surface area contributed by atoms with Crippen molar-refractivity contribution in [1.29, 1.82) is 0 Å². The molecule has 3 atom stereocenters. The fourth-order valence-electron chi connectivity index (χ4n) is 3.57. The second-order valence-electron chi connectivity index (χ2n) is 5.82. The van der Waals surface area contributed by atoms with Gasteiger partial charge in [-0.15, -0.1) is 0 Å². The Hall–Kier alpha value is -0.590. The van der Waals surface area contributed by atoms with Gasteiger partial charge in [0, 0.05) is 0 Å². The molecule has 15 heavy (non-hydrogen) atoms. The molecule has 0 aromatic heterocycles. The van der Waals surface area contributed by atoms with Crippen LogP contribution in [0.25, 0.3) is 0 Å². The Labute approximate surface area is 92.9 Å². The van der Waals surface area contributed by atoms with Crippen molar-refractivity contribution in [3.05, 3.63) is 11.6 Å². The van der Waals surface area contributed by atoms with Crippen LogP contribution in [0.5, 0.6) is 0 Å². The maximum Gasteiger partial charge on any atom is 0.155 e. The van der Waals surface area contributed by atoms with Gasteiger partial charge in [-0.2, -0.15) is 0 Å². The highest BCUT2D eigenvalue weighted by molar-refractivity contribution is 5.93. The fourth-order valence-corrected chi connectivity index (χ4v) is 3.57. The zero-order chi connectivity index (χ0) is 11.1. The van der Waals surface area contributed by atoms with E-state index in [1.807, 2.05) is 0 Å². The molecule has 0 N–H and O–H groups in total. The molecule has 0 aliphatic heterocycles. The van der Waals surface area contributed by atoms with Crippen molar-refractivity contribution in [2.24, 2.45) is 17.3 Å². The van der Waals surface area contributed by atoms with Crippen LogP contribution in [-0.4, -0.2) is 5.78 Å². The van der Waals surface area contributed by atoms with Gasteiger partial charge in [0.15, 0.2) is 5.78 Å². The zero-order valence-corrected chi connectivity index (χ0v) is 10.2. The molecule has 0 radical (unpaired) electrons. The van der Waals surface area contributed by atoms with E-state index in [9.17, 15) is 4.79 Å². The van der Waals surface area contributed by atoms with Crippen molar-refractivity contribution >= 4 is 5.78 Å². The van der Waals surface area contributed by atoms with Gasteiger partial charge in [0.2, 0.25) is 0 Å². The van der Waals surface area contributed by atoms with Crippen LogP contribution in [0.3, 0.4) is 0 Å². The SMILES string of the molecule is CC(=O)C1=CCC2(C)CCCC(C)C2C1. The van der Waals surface area contributed by atoms with Gasteiger partial charge in [-0.05, 0) is 49.0 Å². The number of hydrogen-bond donors (Lipinski definition) is 0. The molecule has 0 aromatic carbocycles. The number of Topliss-reactive ketones (excluding diaryl/α,β-unsaturated/α-hetero) is 1. The van der Waals surface area contributed by atoms with E-state index >= 15 is 0 Å². The Kier molecular flexibility index (Phi) is 2.74. The van der Waals surface area contributed by atoms with E-state index in [0.29, 0.717) is 5.41 Å². The third-order valence-electron chi connectivity index (χ3n) is 4.70. The molecule has 0 saturated heterocycles. The van der Waals surface area contributed by atoms with Gasteiger partial charge in [-0.1, -0.05) is 32.8 Å². The number of hydrogen-bond acceptors (Lipinski definition) is 1. The third-order valence-corrected chi connectivity index (χ3v) is 4.70. The predicted octanol–water partition coefficient (Wildman–Crippen LogP) is 3.74. The summed E-state index contributed by atoms with van der Waals surface area (Å²) in [6, 6.07) is 0. The first kappa shape index (κ1) is 10.9. The standard InChI is InChI=1S/C14H22O/c1-10-5-4-7-14(3)8-6-12(11(2)15)9-13(10)14/h6,10,13H,4-5,7-9H2,1-3H3. The van der Waals surface area contributed by atoms with Crippen molar-refractivity contribution in [3.8, 4) is 0 Å². The molecule has 0 aromatic rings. The minimum absolute atomic E-state index is 0.287. The lowest BCUT2D eigenvalue weighted by molar-refractivity contribution is -0.114. The van der Waals surface area contributed by atoms with Crippen LogP contribution in [0.15, 0.2) is 11.6 Å². The van der Waals surface area contributed by atoms with E-state index in [2.05, 4.69) is 19.9 Å². The van der Waals surface area contributed by atoms with Gasteiger partial charge < -0.3 is 0 Å². The van der Waals surface area contributed by atoms with Gasteiger partial charge in [0.1, 0.15) is 0 Å². The van der Waals surface area contributed by atoms with E-state index in [-0.39, 0.29) is 5.78 Å². The van der Waals surface area contributed by atoms with Crippen molar-refractivity contribution < 1.29 is 4.79 Å². The normalized spacial score (nSPS) is 40.6. The molecule has 3 unspecified atom stereocenters. The molecule has 0 spiro atoms. The Balaban J connectivity index is 2.23. The summed E-state index contributed by atoms with van der Waals surface area (Å²) >= 11 is 0. The summed E-state index contributed by atoms with van der Waals surface area (Å²) in [5.74, 6) is 1.83. The van der Waals surface area contributed by atoms with Crippen molar-refractivity contribution in [3.63, 3.8) is 0 Å². The maximum atomic E-state index is 11.4. The third kappa shape index (κ3) is 1.89. The molecular formula is C14H22O. The summed E-state index contributed by atoms with van der Waals surface area (Å²) in [5, 5.41) is 0. The van der Waals surface area contributed by atoms with E-state index in [4.69, 9.17) is 0 Å². The lowest BCUT2D eigenvalue weighted by Gasteiger charge is -2.47. The van der Waals surface area contributed by atoms with E-state index < -0.39 is 0 Å². The fraction of sp³-hybridized carbons (Fsp3) is 0.786. The summed E-state index contributed by atoms with van der Waals surface area (Å²) in [7, 11) is 0. The van der Waals surface area contributed by atoms with E-state index in [1.165, 1.54) is 19.3 Å². The Morgan fingerprint density at radius 3 is 2.93 bits per heavy atom. The first-order chi connectivity index (χ1) is 7.03. The average Bonchev–Trinajstić information content (AvgIpc) is 2.17. The molecule has 84 valence electrons. The highest BCUT2D eigenvalue weighted by Gasteiger charge is 2.42. The van der Waals surface area contributed by atoms with Crippen molar-refractivity contribution in [1.82, 2.24) is 0 Å². The maximum absolute atomic E-state index is 11.4. The summed E-state index contributed by atoms with van der Waals surface area (Å²) in [4.78, 5) is 11.4. The molecular weight excluding hydrogens is 184 g/mol. The molecule has 1 heteroatoms. The number of carbonyl (C=O) groups is 1. The van der Waals surface area contributed by atoms with Gasteiger partial charge in [-0.3, -0.25) is 4.79 Å². The molecule has 1 nitrogen and oxygen atoms in total. The second kappa shape index (κ2) is 3.77. The zero-order valence-electron chi connectivity index (χ0n) is 10.2. The molecule has 2 rings (SSSR count). The number of ketones is 1. The molecule has 0 amide bonds. The molecule has 0 heterocycles. The van der Waals surface area contributed by atoms with Gasteiger partial charge in [-0.25, -0.2) is 0 Å². The van der Waals surface area contributed by atoms with Crippen LogP contribution in [0.1, 0.15) is 52.9 Å². The monoisotopic (exact) mass is 206 g/mol. The quantitative estimate of drug-likeness (QED) is 0.638. The topological polar surface area (TPSA) is 17.1 Å². The first-order valence-corrected chi connectivity index (χ1v) is 6.23. The average molecular weight is 206 g/mol. The lowest BCUT2D eigenvalue weighted by atomic mass is 9.57. The summed E-state index contributed by atoms with van der Waals surface area (Å²) in [6.45, 7) is 6.49. The lowest BCUT2D eigenvalue weighted by Crippen LogP contribution is -2.38. The highest BCUT2D eigenvalue weighted by Crippen LogP contribution is 2.51. The van der Waals surface area contributed by atoms with Gasteiger partial charge in [0.25, 0.3) is 0 Å². The van der Waals surface area contributed by atoms with E-state index in [1.54, 1.807) is 6.92 Å². The molecule has 1 saturated carbocycles. The molecule has 1 fully saturated rings. The minimum Gasteiger partial charge on any atom is -0.295 e. The van der Waals surface area contributed by atoms with Crippen molar-refractivity contribution in [2.45, 2.75) is 52.9 Å². The Morgan fingerprint density at radius 1 is 1.53 bits per heavy atom. The highest BCUT2D eigenvalue weighted by atomic mass is 16.1. The smallest absolute Gasteiger partial charge is 0.155 e. The van der Waals surface area contributed by atoms with Crippen LogP contribution in [-0.2, 0) is 4.79 Å². The van der Waals surface area contributed by atoms with Crippen molar-refractivity contribution in [2.75, 3.05) is 0 Å². The number of carbonyl (C=O) groups excluding carboxylic acids is 1.